The third kappa shape index (κ3) is 5.91. The fraction of sp³-hybridized carbons (Fsp3) is 0.222. The summed E-state index contributed by atoms with van der Waals surface area (Å²) in [5, 5.41) is 3.19. The number of amides is 1. The molecule has 0 heterocycles. The molecule has 1 amide bonds. The molecule has 0 saturated heterocycles. The van der Waals surface area contributed by atoms with Crippen LogP contribution in [0.4, 0.5) is 10.1 Å². The van der Waals surface area contributed by atoms with Crippen LogP contribution in [0.25, 0.3) is 17.2 Å². The molecule has 3 aromatic carbocycles. The summed E-state index contributed by atoms with van der Waals surface area (Å²) in [6.45, 7) is 9.28. The van der Waals surface area contributed by atoms with E-state index in [2.05, 4.69) is 10.0 Å². The van der Waals surface area contributed by atoms with E-state index in [1.807, 2.05) is 45.9 Å². The van der Waals surface area contributed by atoms with Crippen molar-refractivity contribution in [3.63, 3.8) is 0 Å². The summed E-state index contributed by atoms with van der Waals surface area (Å²) in [5.74, 6) is -1.03. The molecule has 3 rings (SSSR count). The van der Waals surface area contributed by atoms with E-state index in [1.54, 1.807) is 37.3 Å². The Morgan fingerprint density at radius 1 is 0.941 bits per heavy atom. The average molecular weight is 481 g/mol. The van der Waals surface area contributed by atoms with Gasteiger partial charge >= 0.3 is 0 Å². The molecule has 0 saturated carbocycles. The van der Waals surface area contributed by atoms with Crippen molar-refractivity contribution in [3.8, 4) is 11.1 Å². The summed E-state index contributed by atoms with van der Waals surface area (Å²) in [6.07, 6.45) is 1.63. The minimum atomic E-state index is -3.96. The number of benzene rings is 3. The average Bonchev–Trinajstić information content (AvgIpc) is 2.76. The molecule has 0 aliphatic carbocycles. The molecule has 3 aromatic rings. The van der Waals surface area contributed by atoms with Gasteiger partial charge in [-0.2, -0.15) is 0 Å². The summed E-state index contributed by atoms with van der Waals surface area (Å²) in [5.41, 5.74) is 4.64. The number of anilines is 1. The molecule has 34 heavy (non-hydrogen) atoms. The molecule has 7 heteroatoms. The van der Waals surface area contributed by atoms with E-state index in [4.69, 9.17) is 0 Å². The van der Waals surface area contributed by atoms with Crippen molar-refractivity contribution < 1.29 is 17.6 Å². The van der Waals surface area contributed by atoms with E-state index in [9.17, 15) is 17.6 Å². The number of sulfonamides is 1. The number of halogens is 1. The Kier molecular flexibility index (Phi) is 7.57. The summed E-state index contributed by atoms with van der Waals surface area (Å²) >= 11 is 0. The van der Waals surface area contributed by atoms with Gasteiger partial charge in [0.1, 0.15) is 5.82 Å². The number of hydrogen-bond acceptors (Lipinski definition) is 4. The summed E-state index contributed by atoms with van der Waals surface area (Å²) in [6, 6.07) is 16.8. The maximum absolute atomic E-state index is 14.9. The van der Waals surface area contributed by atoms with Gasteiger partial charge in [0.05, 0.1) is 4.90 Å². The van der Waals surface area contributed by atoms with E-state index >= 15 is 0 Å². The molecule has 2 N–H and O–H groups in total. The highest BCUT2D eigenvalue weighted by atomic mass is 32.2. The number of rotatable bonds is 7. The van der Waals surface area contributed by atoms with Crippen molar-refractivity contribution in [2.24, 2.45) is 0 Å². The van der Waals surface area contributed by atoms with Gasteiger partial charge in [-0.3, -0.25) is 4.79 Å². The lowest BCUT2D eigenvalue weighted by atomic mass is 9.93. The Morgan fingerprint density at radius 2 is 1.62 bits per heavy atom. The van der Waals surface area contributed by atoms with Crippen LogP contribution >= 0.6 is 0 Å². The normalized spacial score (nSPS) is 12.0. The van der Waals surface area contributed by atoms with Crippen molar-refractivity contribution in [1.82, 2.24) is 4.72 Å². The Morgan fingerprint density at radius 3 is 2.24 bits per heavy atom. The van der Waals surface area contributed by atoms with Crippen LogP contribution in [0, 0.1) is 19.7 Å². The molecule has 0 aliphatic heterocycles. The summed E-state index contributed by atoms with van der Waals surface area (Å²) < 4.78 is 41.8. The maximum Gasteiger partial charge on any atom is 0.264 e. The predicted octanol–water partition coefficient (Wildman–Crippen LogP) is 5.84. The van der Waals surface area contributed by atoms with Crippen LogP contribution in [0.3, 0.4) is 0 Å². The lowest BCUT2D eigenvalue weighted by Gasteiger charge is -2.14. The smallest absolute Gasteiger partial charge is 0.264 e. The monoisotopic (exact) mass is 480 g/mol. The van der Waals surface area contributed by atoms with E-state index in [0.717, 1.165) is 27.9 Å². The Bertz CT molecular complexity index is 1350. The summed E-state index contributed by atoms with van der Waals surface area (Å²) in [4.78, 5) is 12.6. The number of nitrogens with one attached hydrogen (secondary N) is 2. The van der Waals surface area contributed by atoms with Crippen molar-refractivity contribution in [1.29, 1.82) is 0 Å². The topological polar surface area (TPSA) is 75.3 Å². The van der Waals surface area contributed by atoms with E-state index < -0.39 is 15.9 Å². The highest BCUT2D eigenvalue weighted by Gasteiger charge is 2.18. The van der Waals surface area contributed by atoms with Crippen LogP contribution in [-0.4, -0.2) is 20.4 Å². The van der Waals surface area contributed by atoms with Crippen LogP contribution in [0.1, 0.15) is 37.5 Å². The third-order valence-corrected chi connectivity index (χ3v) is 6.69. The van der Waals surface area contributed by atoms with Gasteiger partial charge in [0.25, 0.3) is 15.9 Å². The van der Waals surface area contributed by atoms with Crippen molar-refractivity contribution >= 4 is 27.7 Å². The second-order valence-electron chi connectivity index (χ2n) is 8.59. The van der Waals surface area contributed by atoms with E-state index in [-0.39, 0.29) is 22.3 Å². The highest BCUT2D eigenvalue weighted by Crippen LogP contribution is 2.31. The zero-order valence-corrected chi connectivity index (χ0v) is 20.8. The van der Waals surface area contributed by atoms with Crippen molar-refractivity contribution in [3.05, 3.63) is 88.7 Å². The highest BCUT2D eigenvalue weighted by molar-refractivity contribution is 7.90. The van der Waals surface area contributed by atoms with Crippen molar-refractivity contribution in [2.45, 2.75) is 45.6 Å². The number of aryl methyl sites for hydroxylation is 2. The van der Waals surface area contributed by atoms with Crippen LogP contribution in [0.5, 0.6) is 0 Å². The van der Waals surface area contributed by atoms with Gasteiger partial charge in [0.2, 0.25) is 0 Å². The quantitative estimate of drug-likeness (QED) is 0.417. The van der Waals surface area contributed by atoms with Gasteiger partial charge in [-0.1, -0.05) is 30.3 Å². The largest absolute Gasteiger partial charge is 0.383 e. The van der Waals surface area contributed by atoms with Crippen LogP contribution < -0.4 is 10.0 Å². The molecule has 0 atom stereocenters. The Hall–Kier alpha value is -3.45. The molecule has 0 aliphatic rings. The predicted molar refractivity (Wildman–Crippen MR) is 135 cm³/mol. The zero-order valence-electron chi connectivity index (χ0n) is 19.9. The second kappa shape index (κ2) is 10.2. The zero-order chi connectivity index (χ0) is 25.0. The second-order valence-corrected chi connectivity index (χ2v) is 10.3. The molecule has 0 aromatic heterocycles. The van der Waals surface area contributed by atoms with Gasteiger partial charge in [-0.25, -0.2) is 17.5 Å². The van der Waals surface area contributed by atoms with Crippen LogP contribution in [-0.2, 0) is 14.8 Å². The van der Waals surface area contributed by atoms with E-state index in [1.165, 1.54) is 18.2 Å². The first-order chi connectivity index (χ1) is 16.0. The fourth-order valence-corrected chi connectivity index (χ4v) is 4.64. The SMILES string of the molecule is C/C(=C\c1cc(C)c(-c2ccc(NC(C)C)cc2F)cc1C)C(=O)NS(=O)(=O)c1ccccc1. The Balaban J connectivity index is 1.86. The van der Waals surface area contributed by atoms with Gasteiger partial charge in [-0.05, 0) is 93.3 Å². The Labute approximate surface area is 200 Å². The number of hydrogen-bond donors (Lipinski definition) is 2. The lowest BCUT2D eigenvalue weighted by Crippen LogP contribution is -2.31. The molecule has 178 valence electrons. The summed E-state index contributed by atoms with van der Waals surface area (Å²) in [7, 11) is -3.96. The van der Waals surface area contributed by atoms with Crippen molar-refractivity contribution in [2.75, 3.05) is 5.32 Å². The van der Waals surface area contributed by atoms with E-state index in [0.29, 0.717) is 5.56 Å². The molecule has 5 nitrogen and oxygen atoms in total. The standard InChI is InChI=1S/C27H29FN2O3S/c1-17(2)29-22-11-12-24(26(28)16-22)25-15-18(3)21(13-19(25)4)14-20(5)27(31)30-34(32,33)23-9-7-6-8-10-23/h6-17,29H,1-5H3,(H,30,31)/b20-14+. The van der Waals surface area contributed by atoms with Gasteiger partial charge < -0.3 is 5.32 Å². The molecule has 0 radical (unpaired) electrons. The minimum absolute atomic E-state index is 0.0177. The van der Waals surface area contributed by atoms with Gasteiger partial charge in [-0.15, -0.1) is 0 Å². The third-order valence-electron chi connectivity index (χ3n) is 5.34. The minimum Gasteiger partial charge on any atom is -0.383 e. The molecule has 0 fully saturated rings. The number of carbonyl (C=O) groups is 1. The molecular weight excluding hydrogens is 451 g/mol. The number of carbonyl (C=O) groups excluding carboxylic acids is 1. The van der Waals surface area contributed by atoms with Crippen LogP contribution in [0.15, 0.2) is 71.1 Å². The van der Waals surface area contributed by atoms with Gasteiger partial charge in [0.15, 0.2) is 0 Å². The first-order valence-electron chi connectivity index (χ1n) is 11.0. The first-order valence-corrected chi connectivity index (χ1v) is 12.4. The fourth-order valence-electron chi connectivity index (χ4n) is 3.60. The molecule has 0 bridgehead atoms. The molecular formula is C27H29FN2O3S. The lowest BCUT2D eigenvalue weighted by molar-refractivity contribution is -0.115. The van der Waals surface area contributed by atoms with Gasteiger partial charge in [0, 0.05) is 22.9 Å². The maximum atomic E-state index is 14.9. The van der Waals surface area contributed by atoms with Crippen LogP contribution in [0.2, 0.25) is 0 Å². The molecule has 0 spiro atoms. The first kappa shape index (κ1) is 25.2. The molecule has 0 unspecified atom stereocenters.